The Morgan fingerprint density at radius 3 is 2.43 bits per heavy atom. The summed E-state index contributed by atoms with van der Waals surface area (Å²) >= 11 is 0. The second kappa shape index (κ2) is 12.3. The molecule has 23 heavy (non-hydrogen) atoms. The molecule has 0 radical (unpaired) electrons. The molecule has 1 N–H and O–H groups in total. The van der Waals surface area contributed by atoms with Gasteiger partial charge in [-0.15, -0.1) is 24.0 Å². The molecule has 0 spiro atoms. The monoisotopic (exact) mass is 435 g/mol. The molecule has 1 rings (SSSR count). The summed E-state index contributed by atoms with van der Waals surface area (Å²) in [6, 6.07) is 5.90. The minimum Gasteiger partial charge on any atom is -0.493 e. The molecule has 0 unspecified atom stereocenters. The minimum atomic E-state index is 0. The summed E-state index contributed by atoms with van der Waals surface area (Å²) in [6.45, 7) is 6.76. The van der Waals surface area contributed by atoms with Crippen molar-refractivity contribution in [2.45, 2.75) is 33.2 Å². The lowest BCUT2D eigenvalue weighted by Crippen LogP contribution is -2.39. The van der Waals surface area contributed by atoms with Crippen LogP contribution in [-0.4, -0.2) is 45.2 Å². The Bertz CT molecular complexity index is 481. The van der Waals surface area contributed by atoms with Crippen molar-refractivity contribution in [1.82, 2.24) is 10.2 Å². The van der Waals surface area contributed by atoms with Crippen molar-refractivity contribution in [1.29, 1.82) is 0 Å². The summed E-state index contributed by atoms with van der Waals surface area (Å²) < 4.78 is 10.6. The number of aliphatic imine (C=N–C) groups is 1. The molecule has 0 bridgehead atoms. The van der Waals surface area contributed by atoms with Gasteiger partial charge >= 0.3 is 0 Å². The van der Waals surface area contributed by atoms with E-state index in [2.05, 4.69) is 31.1 Å². The van der Waals surface area contributed by atoms with Gasteiger partial charge in [0.05, 0.1) is 20.8 Å². The third kappa shape index (κ3) is 7.28. The zero-order valence-electron chi connectivity index (χ0n) is 14.9. The summed E-state index contributed by atoms with van der Waals surface area (Å²) in [5.41, 5.74) is 1.09. The molecule has 0 heterocycles. The number of unbranched alkanes of at least 4 members (excludes halogenated alkanes) is 1. The van der Waals surface area contributed by atoms with Crippen LogP contribution in [0.4, 0.5) is 0 Å². The van der Waals surface area contributed by atoms with Gasteiger partial charge in [0.25, 0.3) is 0 Å². The molecule has 0 atom stereocenters. The van der Waals surface area contributed by atoms with Crippen LogP contribution in [0.25, 0.3) is 0 Å². The lowest BCUT2D eigenvalue weighted by atomic mass is 10.2. The Morgan fingerprint density at radius 1 is 1.17 bits per heavy atom. The normalized spacial score (nSPS) is 10.7. The first kappa shape index (κ1) is 21.8. The molecule has 6 heteroatoms. The van der Waals surface area contributed by atoms with Gasteiger partial charge in [-0.05, 0) is 31.0 Å². The van der Waals surface area contributed by atoms with Gasteiger partial charge in [-0.3, -0.25) is 0 Å². The molecular weight excluding hydrogens is 405 g/mol. The number of hydrogen-bond donors (Lipinski definition) is 1. The van der Waals surface area contributed by atoms with E-state index in [1.54, 1.807) is 14.2 Å². The second-order valence-electron chi connectivity index (χ2n) is 5.13. The molecule has 0 saturated heterocycles. The zero-order chi connectivity index (χ0) is 16.4. The van der Waals surface area contributed by atoms with Crippen molar-refractivity contribution in [3.63, 3.8) is 0 Å². The number of hydrogen-bond acceptors (Lipinski definition) is 3. The number of benzene rings is 1. The molecule has 0 aliphatic heterocycles. The number of methoxy groups -OCH3 is 2. The summed E-state index contributed by atoms with van der Waals surface area (Å²) in [6.07, 6.45) is 2.34. The van der Waals surface area contributed by atoms with Gasteiger partial charge in [0.15, 0.2) is 17.5 Å². The molecule has 0 aromatic heterocycles. The Labute approximate surface area is 157 Å². The average Bonchev–Trinajstić information content (AvgIpc) is 2.55. The molecular formula is C17H30IN3O2. The largest absolute Gasteiger partial charge is 0.493 e. The van der Waals surface area contributed by atoms with Crippen molar-refractivity contribution in [2.75, 3.05) is 34.4 Å². The van der Waals surface area contributed by atoms with Gasteiger partial charge < -0.3 is 19.7 Å². The number of halogens is 1. The highest BCUT2D eigenvalue weighted by Crippen LogP contribution is 2.27. The van der Waals surface area contributed by atoms with Gasteiger partial charge in [-0.25, -0.2) is 4.99 Å². The highest BCUT2D eigenvalue weighted by molar-refractivity contribution is 14.0. The Balaban J connectivity index is 0.00000484. The maximum absolute atomic E-state index is 5.33. The highest BCUT2D eigenvalue weighted by Gasteiger charge is 2.07. The van der Waals surface area contributed by atoms with Crippen molar-refractivity contribution < 1.29 is 9.47 Å². The fourth-order valence-electron chi connectivity index (χ4n) is 2.12. The van der Waals surface area contributed by atoms with Crippen LogP contribution < -0.4 is 14.8 Å². The van der Waals surface area contributed by atoms with Crippen LogP contribution >= 0.6 is 24.0 Å². The lowest BCUT2D eigenvalue weighted by Gasteiger charge is -2.21. The van der Waals surface area contributed by atoms with Crippen LogP contribution in [-0.2, 0) is 6.54 Å². The Hall–Kier alpha value is -1.18. The topological polar surface area (TPSA) is 46.1 Å². The predicted octanol–water partition coefficient (Wildman–Crippen LogP) is 3.52. The summed E-state index contributed by atoms with van der Waals surface area (Å²) in [7, 11) is 5.36. The second-order valence-corrected chi connectivity index (χ2v) is 5.13. The number of nitrogens with one attached hydrogen (secondary N) is 1. The van der Waals surface area contributed by atoms with E-state index in [1.165, 1.54) is 6.42 Å². The van der Waals surface area contributed by atoms with Crippen LogP contribution in [0, 0.1) is 0 Å². The number of nitrogens with zero attached hydrogens (tertiary/aromatic N) is 2. The van der Waals surface area contributed by atoms with E-state index in [-0.39, 0.29) is 24.0 Å². The molecule has 132 valence electrons. The Kier molecular flexibility index (Phi) is 11.6. The highest BCUT2D eigenvalue weighted by atomic mass is 127. The number of ether oxygens (including phenoxy) is 2. The van der Waals surface area contributed by atoms with Crippen LogP contribution in [0.15, 0.2) is 23.2 Å². The van der Waals surface area contributed by atoms with E-state index >= 15 is 0 Å². The fraction of sp³-hybridized carbons (Fsp3) is 0.588. The van der Waals surface area contributed by atoms with Crippen molar-refractivity contribution in [3.8, 4) is 11.5 Å². The van der Waals surface area contributed by atoms with Crippen LogP contribution in [0.1, 0.15) is 32.3 Å². The standard InChI is InChI=1S/C17H29N3O2.HI/c1-6-8-11-20(3)17(18-7-2)19-13-14-9-10-15(21-4)16(12-14)22-5;/h9-10,12H,6-8,11,13H2,1-5H3,(H,18,19);1H. The first-order chi connectivity index (χ1) is 10.7. The summed E-state index contributed by atoms with van der Waals surface area (Å²) in [5.74, 6) is 2.41. The molecule has 0 amide bonds. The quantitative estimate of drug-likeness (QED) is 0.386. The third-order valence-electron chi connectivity index (χ3n) is 3.40. The van der Waals surface area contributed by atoms with E-state index in [0.29, 0.717) is 6.54 Å². The van der Waals surface area contributed by atoms with E-state index < -0.39 is 0 Å². The maximum atomic E-state index is 5.33. The lowest BCUT2D eigenvalue weighted by molar-refractivity contribution is 0.354. The molecule has 0 fully saturated rings. The van der Waals surface area contributed by atoms with Crippen LogP contribution in [0.3, 0.4) is 0 Å². The fourth-order valence-corrected chi connectivity index (χ4v) is 2.12. The molecule has 0 saturated carbocycles. The van der Waals surface area contributed by atoms with Crippen molar-refractivity contribution >= 4 is 29.9 Å². The Morgan fingerprint density at radius 2 is 1.87 bits per heavy atom. The third-order valence-corrected chi connectivity index (χ3v) is 3.40. The number of guanidine groups is 1. The maximum Gasteiger partial charge on any atom is 0.193 e. The average molecular weight is 435 g/mol. The van der Waals surface area contributed by atoms with Crippen LogP contribution in [0.5, 0.6) is 11.5 Å². The summed E-state index contributed by atoms with van der Waals surface area (Å²) in [5, 5.41) is 3.33. The van der Waals surface area contributed by atoms with Crippen LogP contribution in [0.2, 0.25) is 0 Å². The minimum absolute atomic E-state index is 0. The van der Waals surface area contributed by atoms with E-state index in [4.69, 9.17) is 14.5 Å². The van der Waals surface area contributed by atoms with E-state index in [9.17, 15) is 0 Å². The van der Waals surface area contributed by atoms with Gasteiger partial charge in [0, 0.05) is 20.1 Å². The van der Waals surface area contributed by atoms with Crippen molar-refractivity contribution in [2.24, 2.45) is 4.99 Å². The molecule has 0 aliphatic carbocycles. The molecule has 5 nitrogen and oxygen atoms in total. The first-order valence-corrected chi connectivity index (χ1v) is 7.86. The first-order valence-electron chi connectivity index (χ1n) is 7.86. The molecule has 1 aromatic carbocycles. The summed E-state index contributed by atoms with van der Waals surface area (Å²) in [4.78, 5) is 6.88. The van der Waals surface area contributed by atoms with Gasteiger partial charge in [-0.1, -0.05) is 19.4 Å². The molecule has 0 aliphatic rings. The zero-order valence-corrected chi connectivity index (χ0v) is 17.2. The van der Waals surface area contributed by atoms with E-state index in [1.807, 2.05) is 18.2 Å². The predicted molar refractivity (Wildman–Crippen MR) is 107 cm³/mol. The SMILES string of the molecule is CCCCN(C)C(=NCc1ccc(OC)c(OC)c1)NCC.I. The van der Waals surface area contributed by atoms with Crippen molar-refractivity contribution in [3.05, 3.63) is 23.8 Å². The van der Waals surface area contributed by atoms with Gasteiger partial charge in [0.1, 0.15) is 0 Å². The van der Waals surface area contributed by atoms with Gasteiger partial charge in [0.2, 0.25) is 0 Å². The molecule has 1 aromatic rings. The smallest absolute Gasteiger partial charge is 0.193 e. The van der Waals surface area contributed by atoms with E-state index in [0.717, 1.165) is 42.5 Å². The van der Waals surface area contributed by atoms with Gasteiger partial charge in [-0.2, -0.15) is 0 Å². The number of rotatable bonds is 8.